The molecule has 0 aliphatic heterocycles. The van der Waals surface area contributed by atoms with Crippen LogP contribution in [0.15, 0.2) is 24.5 Å². The second-order valence-electron chi connectivity index (χ2n) is 4.64. The number of nitrogens with zero attached hydrogens (tertiary/aromatic N) is 3. The second-order valence-corrected chi connectivity index (χ2v) is 4.64. The molecule has 0 unspecified atom stereocenters. The van der Waals surface area contributed by atoms with Crippen LogP contribution in [0, 0.1) is 0 Å². The van der Waals surface area contributed by atoms with Gasteiger partial charge < -0.3 is 19.4 Å². The van der Waals surface area contributed by atoms with Crippen LogP contribution in [0.1, 0.15) is 25.2 Å². The number of nitrogens with one attached hydrogen (secondary N) is 1. The summed E-state index contributed by atoms with van der Waals surface area (Å²) in [5.41, 5.74) is 1.17. The molecule has 0 bridgehead atoms. The molecule has 0 atom stereocenters. The SMILES string of the molecule is CCNCc1ccc(OCc2nncn2C)c(OCC)c1. The minimum absolute atomic E-state index is 0.364. The van der Waals surface area contributed by atoms with Crippen molar-refractivity contribution in [1.82, 2.24) is 20.1 Å². The molecular weight excluding hydrogens is 268 g/mol. The molecule has 0 spiro atoms. The molecule has 2 rings (SSSR count). The number of hydrogen-bond donors (Lipinski definition) is 1. The zero-order valence-electron chi connectivity index (χ0n) is 12.8. The molecule has 114 valence electrons. The molecule has 6 nitrogen and oxygen atoms in total. The van der Waals surface area contributed by atoms with Crippen LogP contribution in [0.2, 0.25) is 0 Å². The first kappa shape index (κ1) is 15.3. The summed E-state index contributed by atoms with van der Waals surface area (Å²) in [5, 5.41) is 11.1. The van der Waals surface area contributed by atoms with Gasteiger partial charge in [-0.2, -0.15) is 0 Å². The van der Waals surface area contributed by atoms with Gasteiger partial charge >= 0.3 is 0 Å². The first-order valence-corrected chi connectivity index (χ1v) is 7.16. The van der Waals surface area contributed by atoms with Crippen LogP contribution >= 0.6 is 0 Å². The van der Waals surface area contributed by atoms with Gasteiger partial charge in [0.2, 0.25) is 0 Å². The van der Waals surface area contributed by atoms with Gasteiger partial charge in [-0.25, -0.2) is 0 Å². The fourth-order valence-corrected chi connectivity index (χ4v) is 1.90. The highest BCUT2D eigenvalue weighted by Gasteiger charge is 2.08. The van der Waals surface area contributed by atoms with E-state index in [0.717, 1.165) is 30.4 Å². The van der Waals surface area contributed by atoms with Crippen molar-refractivity contribution in [3.63, 3.8) is 0 Å². The Bertz CT molecular complexity index is 569. The van der Waals surface area contributed by atoms with E-state index in [2.05, 4.69) is 22.4 Å². The molecular formula is C15H22N4O2. The molecule has 0 saturated carbocycles. The summed E-state index contributed by atoms with van der Waals surface area (Å²) in [4.78, 5) is 0. The lowest BCUT2D eigenvalue weighted by molar-refractivity contribution is 0.260. The van der Waals surface area contributed by atoms with Gasteiger partial charge in [0.25, 0.3) is 0 Å². The molecule has 2 aromatic rings. The quantitative estimate of drug-likeness (QED) is 0.804. The van der Waals surface area contributed by atoms with E-state index in [0.29, 0.717) is 13.2 Å². The van der Waals surface area contributed by atoms with Crippen molar-refractivity contribution in [2.45, 2.75) is 27.0 Å². The zero-order valence-corrected chi connectivity index (χ0v) is 12.8. The van der Waals surface area contributed by atoms with E-state index in [1.807, 2.05) is 36.7 Å². The lowest BCUT2D eigenvalue weighted by atomic mass is 10.2. The molecule has 0 saturated heterocycles. The van der Waals surface area contributed by atoms with E-state index in [1.165, 1.54) is 5.56 Å². The smallest absolute Gasteiger partial charge is 0.170 e. The molecule has 1 aromatic carbocycles. The van der Waals surface area contributed by atoms with E-state index in [4.69, 9.17) is 9.47 Å². The molecule has 6 heteroatoms. The van der Waals surface area contributed by atoms with Crippen molar-refractivity contribution in [3.05, 3.63) is 35.9 Å². The van der Waals surface area contributed by atoms with Crippen LogP contribution in [-0.4, -0.2) is 27.9 Å². The van der Waals surface area contributed by atoms with Gasteiger partial charge in [-0.1, -0.05) is 13.0 Å². The minimum Gasteiger partial charge on any atom is -0.490 e. The summed E-state index contributed by atoms with van der Waals surface area (Å²) in [6.45, 7) is 6.77. The Morgan fingerprint density at radius 3 is 2.71 bits per heavy atom. The lowest BCUT2D eigenvalue weighted by Gasteiger charge is -2.13. The topological polar surface area (TPSA) is 61.2 Å². The van der Waals surface area contributed by atoms with E-state index < -0.39 is 0 Å². The molecule has 1 heterocycles. The number of hydrogen-bond acceptors (Lipinski definition) is 5. The van der Waals surface area contributed by atoms with E-state index in [9.17, 15) is 0 Å². The van der Waals surface area contributed by atoms with Crippen LogP contribution in [-0.2, 0) is 20.2 Å². The van der Waals surface area contributed by atoms with Gasteiger partial charge in [0.1, 0.15) is 12.9 Å². The monoisotopic (exact) mass is 290 g/mol. The number of aryl methyl sites for hydroxylation is 1. The van der Waals surface area contributed by atoms with Gasteiger partial charge in [-0.15, -0.1) is 10.2 Å². The van der Waals surface area contributed by atoms with Crippen LogP contribution in [0.3, 0.4) is 0 Å². The van der Waals surface area contributed by atoms with E-state index >= 15 is 0 Å². The lowest BCUT2D eigenvalue weighted by Crippen LogP contribution is -2.12. The molecule has 1 aromatic heterocycles. The first-order chi connectivity index (χ1) is 10.2. The zero-order chi connectivity index (χ0) is 15.1. The van der Waals surface area contributed by atoms with Crippen molar-refractivity contribution in [2.24, 2.45) is 7.05 Å². The van der Waals surface area contributed by atoms with Crippen molar-refractivity contribution in [2.75, 3.05) is 13.2 Å². The maximum atomic E-state index is 5.81. The van der Waals surface area contributed by atoms with Crippen LogP contribution in [0.5, 0.6) is 11.5 Å². The standard InChI is InChI=1S/C15H22N4O2/c1-4-16-9-12-6-7-13(14(8-12)20-5-2)21-10-15-18-17-11-19(15)3/h6-8,11,16H,4-5,9-10H2,1-3H3. The number of ether oxygens (including phenoxy) is 2. The Labute approximate surface area is 125 Å². The largest absolute Gasteiger partial charge is 0.490 e. The second kappa shape index (κ2) is 7.64. The molecule has 1 N–H and O–H groups in total. The third-order valence-corrected chi connectivity index (χ3v) is 3.05. The minimum atomic E-state index is 0.364. The Kier molecular flexibility index (Phi) is 5.57. The predicted octanol–water partition coefficient (Wildman–Crippen LogP) is 1.90. The fourth-order valence-electron chi connectivity index (χ4n) is 1.90. The highest BCUT2D eigenvalue weighted by Crippen LogP contribution is 2.29. The highest BCUT2D eigenvalue weighted by atomic mass is 16.5. The average molecular weight is 290 g/mol. The van der Waals surface area contributed by atoms with Gasteiger partial charge in [-0.3, -0.25) is 0 Å². The Morgan fingerprint density at radius 2 is 2.05 bits per heavy atom. The molecule has 21 heavy (non-hydrogen) atoms. The van der Waals surface area contributed by atoms with Crippen molar-refractivity contribution < 1.29 is 9.47 Å². The number of benzene rings is 1. The van der Waals surface area contributed by atoms with Crippen molar-refractivity contribution >= 4 is 0 Å². The summed E-state index contributed by atoms with van der Waals surface area (Å²) in [6, 6.07) is 5.99. The summed E-state index contributed by atoms with van der Waals surface area (Å²) >= 11 is 0. The first-order valence-electron chi connectivity index (χ1n) is 7.16. The molecule has 0 radical (unpaired) electrons. The number of aromatic nitrogens is 3. The Balaban J connectivity index is 2.08. The van der Waals surface area contributed by atoms with Gasteiger partial charge in [0.15, 0.2) is 17.3 Å². The molecule has 0 fully saturated rings. The Hall–Kier alpha value is -2.08. The van der Waals surface area contributed by atoms with Gasteiger partial charge in [-0.05, 0) is 31.2 Å². The van der Waals surface area contributed by atoms with Crippen LogP contribution in [0.4, 0.5) is 0 Å². The molecule has 0 amide bonds. The normalized spacial score (nSPS) is 10.6. The number of rotatable bonds is 8. The van der Waals surface area contributed by atoms with Crippen LogP contribution < -0.4 is 14.8 Å². The maximum absolute atomic E-state index is 5.81. The molecule has 0 aliphatic rings. The summed E-state index contributed by atoms with van der Waals surface area (Å²) in [5.74, 6) is 2.25. The Morgan fingerprint density at radius 1 is 1.19 bits per heavy atom. The summed E-state index contributed by atoms with van der Waals surface area (Å²) < 4.78 is 13.3. The van der Waals surface area contributed by atoms with E-state index in [-0.39, 0.29) is 0 Å². The average Bonchev–Trinajstić information content (AvgIpc) is 2.90. The van der Waals surface area contributed by atoms with Gasteiger partial charge in [0, 0.05) is 13.6 Å². The summed E-state index contributed by atoms with van der Waals surface area (Å²) in [6.07, 6.45) is 1.65. The summed E-state index contributed by atoms with van der Waals surface area (Å²) in [7, 11) is 1.89. The van der Waals surface area contributed by atoms with Crippen molar-refractivity contribution in [1.29, 1.82) is 0 Å². The maximum Gasteiger partial charge on any atom is 0.170 e. The van der Waals surface area contributed by atoms with E-state index in [1.54, 1.807) is 6.33 Å². The molecule has 0 aliphatic carbocycles. The fraction of sp³-hybridized carbons (Fsp3) is 0.467. The van der Waals surface area contributed by atoms with Crippen LogP contribution in [0.25, 0.3) is 0 Å². The predicted molar refractivity (Wildman–Crippen MR) is 80.3 cm³/mol. The highest BCUT2D eigenvalue weighted by molar-refractivity contribution is 5.43. The third kappa shape index (κ3) is 4.19. The third-order valence-electron chi connectivity index (χ3n) is 3.05. The van der Waals surface area contributed by atoms with Crippen molar-refractivity contribution in [3.8, 4) is 11.5 Å². The van der Waals surface area contributed by atoms with Gasteiger partial charge in [0.05, 0.1) is 6.61 Å².